The van der Waals surface area contributed by atoms with E-state index in [0.29, 0.717) is 0 Å². The second kappa shape index (κ2) is 7.53. The standard InChI is InChI=1S/C12H20O12/c13-1-2-3(14)5(16)9(11(21)22-2)24-12-7(18)4(15)6(17)8(23-12)10(19)20/h2-9,11-18,21H,1H2,(H,19,20)/t2-,3-,4+,5+,6+,7-,8+,9-,11+,12-/m1/s1. The second-order valence-corrected chi connectivity index (χ2v) is 5.56. The third-order valence-corrected chi connectivity index (χ3v) is 3.95. The van der Waals surface area contributed by atoms with E-state index in [9.17, 15) is 35.4 Å². The SMILES string of the molecule is O=C(O)[C@H]1O[C@H](O[C@@H]2[C@@H](O)[C@H](O)[C@@H](CO)O[C@@H]2O)[C@H](O)[C@@H](O)[C@@H]1O. The number of aliphatic carboxylic acids is 1. The summed E-state index contributed by atoms with van der Waals surface area (Å²) in [4.78, 5) is 11.0. The fraction of sp³-hybridized carbons (Fsp3) is 0.917. The van der Waals surface area contributed by atoms with Crippen LogP contribution in [0.15, 0.2) is 0 Å². The fourth-order valence-corrected chi connectivity index (χ4v) is 2.54. The van der Waals surface area contributed by atoms with Crippen LogP contribution in [0.4, 0.5) is 0 Å². The number of hydrogen-bond acceptors (Lipinski definition) is 11. The molecule has 2 saturated heterocycles. The maximum Gasteiger partial charge on any atom is 0.335 e. The Bertz CT molecular complexity index is 446. The van der Waals surface area contributed by atoms with Gasteiger partial charge in [0.25, 0.3) is 0 Å². The Morgan fingerprint density at radius 1 is 0.875 bits per heavy atom. The molecule has 0 aliphatic carbocycles. The highest BCUT2D eigenvalue weighted by atomic mass is 16.7. The lowest BCUT2D eigenvalue weighted by Crippen LogP contribution is -2.64. The van der Waals surface area contributed by atoms with E-state index in [1.807, 2.05) is 0 Å². The lowest BCUT2D eigenvalue weighted by atomic mass is 9.97. The van der Waals surface area contributed by atoms with Crippen LogP contribution in [0.25, 0.3) is 0 Å². The molecule has 0 aromatic carbocycles. The number of carboxylic acids is 1. The van der Waals surface area contributed by atoms with E-state index in [1.165, 1.54) is 0 Å². The molecule has 2 fully saturated rings. The Labute approximate surface area is 135 Å². The van der Waals surface area contributed by atoms with E-state index in [2.05, 4.69) is 0 Å². The number of rotatable bonds is 4. The van der Waals surface area contributed by atoms with Crippen molar-refractivity contribution < 1.29 is 59.9 Å². The smallest absolute Gasteiger partial charge is 0.335 e. The first kappa shape index (κ1) is 19.4. The van der Waals surface area contributed by atoms with Gasteiger partial charge >= 0.3 is 5.97 Å². The first-order chi connectivity index (χ1) is 11.2. The number of carboxylic acid groups (broad SMARTS) is 1. The first-order valence-corrected chi connectivity index (χ1v) is 7.07. The van der Waals surface area contributed by atoms with Crippen LogP contribution < -0.4 is 0 Å². The zero-order valence-electron chi connectivity index (χ0n) is 12.2. The van der Waals surface area contributed by atoms with Crippen LogP contribution in [0, 0.1) is 0 Å². The Balaban J connectivity index is 2.12. The minimum Gasteiger partial charge on any atom is -0.479 e. The predicted octanol–water partition coefficient (Wildman–Crippen LogP) is -5.30. The van der Waals surface area contributed by atoms with Crippen LogP contribution >= 0.6 is 0 Å². The van der Waals surface area contributed by atoms with Crippen molar-refractivity contribution in [1.29, 1.82) is 0 Å². The largest absolute Gasteiger partial charge is 0.479 e. The molecule has 0 unspecified atom stereocenters. The summed E-state index contributed by atoms with van der Waals surface area (Å²) in [5, 5.41) is 76.4. The van der Waals surface area contributed by atoms with E-state index in [1.54, 1.807) is 0 Å². The van der Waals surface area contributed by atoms with Gasteiger partial charge < -0.3 is 55.1 Å². The number of carbonyl (C=O) groups is 1. The first-order valence-electron chi connectivity index (χ1n) is 7.07. The molecular formula is C12H20O12. The van der Waals surface area contributed by atoms with Gasteiger partial charge in [0, 0.05) is 0 Å². The zero-order chi connectivity index (χ0) is 18.2. The third kappa shape index (κ3) is 3.52. The molecule has 0 aromatic heterocycles. The van der Waals surface area contributed by atoms with Gasteiger partial charge in [-0.2, -0.15) is 0 Å². The van der Waals surface area contributed by atoms with Gasteiger partial charge in [0.15, 0.2) is 18.7 Å². The van der Waals surface area contributed by atoms with Crippen molar-refractivity contribution in [2.75, 3.05) is 6.61 Å². The van der Waals surface area contributed by atoms with Crippen LogP contribution in [-0.4, -0.2) is 115 Å². The van der Waals surface area contributed by atoms with Crippen molar-refractivity contribution in [3.8, 4) is 0 Å². The van der Waals surface area contributed by atoms with E-state index >= 15 is 0 Å². The van der Waals surface area contributed by atoms with Gasteiger partial charge in [0.2, 0.25) is 0 Å². The highest BCUT2D eigenvalue weighted by Crippen LogP contribution is 2.28. The molecule has 2 aliphatic heterocycles. The van der Waals surface area contributed by atoms with Gasteiger partial charge in [0.05, 0.1) is 6.61 Å². The van der Waals surface area contributed by atoms with Gasteiger partial charge in [0.1, 0.15) is 42.7 Å². The Kier molecular flexibility index (Phi) is 6.09. The number of aliphatic hydroxyl groups excluding tert-OH is 7. The minimum absolute atomic E-state index is 0.698. The molecule has 0 radical (unpaired) electrons. The second-order valence-electron chi connectivity index (χ2n) is 5.56. The van der Waals surface area contributed by atoms with Crippen LogP contribution in [0.2, 0.25) is 0 Å². The Morgan fingerprint density at radius 2 is 1.50 bits per heavy atom. The van der Waals surface area contributed by atoms with Crippen molar-refractivity contribution in [3.05, 3.63) is 0 Å². The molecule has 24 heavy (non-hydrogen) atoms. The van der Waals surface area contributed by atoms with E-state index in [-0.39, 0.29) is 0 Å². The normalized spacial score (nSPS) is 49.8. The van der Waals surface area contributed by atoms with Crippen LogP contribution in [0.1, 0.15) is 0 Å². The highest BCUT2D eigenvalue weighted by molar-refractivity contribution is 5.73. The highest BCUT2D eigenvalue weighted by Gasteiger charge is 2.51. The molecule has 0 bridgehead atoms. The lowest BCUT2D eigenvalue weighted by molar-refractivity contribution is -0.357. The maximum atomic E-state index is 11.0. The van der Waals surface area contributed by atoms with Gasteiger partial charge in [-0.05, 0) is 0 Å². The van der Waals surface area contributed by atoms with Crippen LogP contribution in [0.3, 0.4) is 0 Å². The van der Waals surface area contributed by atoms with Crippen molar-refractivity contribution in [2.24, 2.45) is 0 Å². The molecule has 8 N–H and O–H groups in total. The van der Waals surface area contributed by atoms with Gasteiger partial charge in [-0.15, -0.1) is 0 Å². The molecule has 0 amide bonds. The summed E-state index contributed by atoms with van der Waals surface area (Å²) in [7, 11) is 0. The fourth-order valence-electron chi connectivity index (χ4n) is 2.54. The van der Waals surface area contributed by atoms with Gasteiger partial charge in [-0.25, -0.2) is 4.79 Å². The molecule has 12 nitrogen and oxygen atoms in total. The number of hydrogen-bond donors (Lipinski definition) is 8. The number of ether oxygens (including phenoxy) is 3. The molecule has 2 aliphatic rings. The predicted molar refractivity (Wildman–Crippen MR) is 69.2 cm³/mol. The van der Waals surface area contributed by atoms with Gasteiger partial charge in [-0.1, -0.05) is 0 Å². The molecular weight excluding hydrogens is 336 g/mol. The molecule has 12 heteroatoms. The summed E-state index contributed by atoms with van der Waals surface area (Å²) in [6, 6.07) is 0. The quantitative estimate of drug-likeness (QED) is 0.238. The topological polar surface area (TPSA) is 207 Å². The maximum absolute atomic E-state index is 11.0. The third-order valence-electron chi connectivity index (χ3n) is 3.95. The molecule has 2 rings (SSSR count). The summed E-state index contributed by atoms with van der Waals surface area (Å²) in [5.74, 6) is -1.64. The lowest BCUT2D eigenvalue weighted by Gasteiger charge is -2.44. The van der Waals surface area contributed by atoms with Crippen molar-refractivity contribution in [2.45, 2.75) is 61.4 Å². The Hall–Kier alpha value is -0.930. The summed E-state index contributed by atoms with van der Waals surface area (Å²) in [6.45, 7) is -0.698. The average molecular weight is 356 g/mol. The summed E-state index contributed by atoms with van der Waals surface area (Å²) >= 11 is 0. The average Bonchev–Trinajstić information content (AvgIpc) is 2.54. The van der Waals surface area contributed by atoms with Crippen molar-refractivity contribution >= 4 is 5.97 Å². The molecule has 10 atom stereocenters. The van der Waals surface area contributed by atoms with Gasteiger partial charge in [-0.3, -0.25) is 0 Å². The van der Waals surface area contributed by atoms with E-state index in [4.69, 9.17) is 24.4 Å². The Morgan fingerprint density at radius 3 is 2.04 bits per heavy atom. The molecule has 140 valence electrons. The van der Waals surface area contributed by atoms with E-state index in [0.717, 1.165) is 0 Å². The van der Waals surface area contributed by atoms with Crippen molar-refractivity contribution in [3.63, 3.8) is 0 Å². The molecule has 0 spiro atoms. The minimum atomic E-state index is -1.93. The van der Waals surface area contributed by atoms with Crippen LogP contribution in [0.5, 0.6) is 0 Å². The molecule has 0 aromatic rings. The molecule has 2 heterocycles. The summed E-state index contributed by atoms with van der Waals surface area (Å²) in [6.07, 6.45) is -17.8. The van der Waals surface area contributed by atoms with E-state index < -0.39 is 74.0 Å². The monoisotopic (exact) mass is 356 g/mol. The zero-order valence-corrected chi connectivity index (χ0v) is 12.2. The van der Waals surface area contributed by atoms with Crippen LogP contribution in [-0.2, 0) is 19.0 Å². The molecule has 0 saturated carbocycles. The van der Waals surface area contributed by atoms with Crippen molar-refractivity contribution in [1.82, 2.24) is 0 Å². The number of aliphatic hydroxyl groups is 7. The summed E-state index contributed by atoms with van der Waals surface area (Å²) < 4.78 is 14.7. The summed E-state index contributed by atoms with van der Waals surface area (Å²) in [5.41, 5.74) is 0.